The SMILES string of the molecule is C=C1CC[C@]2(C)CCC(=O)[C@]12C. The molecule has 0 aromatic carbocycles. The topological polar surface area (TPSA) is 17.1 Å². The number of Topliss-reactive ketones (excluding diaryl/α,β-unsaturated/α-hetero) is 1. The Bertz CT molecular complexity index is 242. The molecule has 2 aliphatic carbocycles. The summed E-state index contributed by atoms with van der Waals surface area (Å²) < 4.78 is 0. The zero-order chi connectivity index (χ0) is 8.98. The summed E-state index contributed by atoms with van der Waals surface area (Å²) in [6.45, 7) is 8.38. The van der Waals surface area contributed by atoms with Gasteiger partial charge in [-0.2, -0.15) is 0 Å². The average Bonchev–Trinajstić information content (AvgIpc) is 2.39. The van der Waals surface area contributed by atoms with Crippen molar-refractivity contribution < 1.29 is 4.79 Å². The summed E-state index contributed by atoms with van der Waals surface area (Å²) in [5.41, 5.74) is 1.24. The van der Waals surface area contributed by atoms with Crippen molar-refractivity contribution >= 4 is 5.78 Å². The first-order valence-electron chi connectivity index (χ1n) is 4.72. The lowest BCUT2D eigenvalue weighted by molar-refractivity contribution is -0.125. The predicted molar refractivity (Wildman–Crippen MR) is 48.8 cm³/mol. The Labute approximate surface area is 73.8 Å². The van der Waals surface area contributed by atoms with E-state index in [0.29, 0.717) is 5.78 Å². The van der Waals surface area contributed by atoms with Crippen molar-refractivity contribution in [3.05, 3.63) is 12.2 Å². The van der Waals surface area contributed by atoms with E-state index < -0.39 is 0 Å². The van der Waals surface area contributed by atoms with Crippen LogP contribution in [0.25, 0.3) is 0 Å². The van der Waals surface area contributed by atoms with Crippen molar-refractivity contribution in [1.82, 2.24) is 0 Å². The lowest BCUT2D eigenvalue weighted by Crippen LogP contribution is -2.32. The van der Waals surface area contributed by atoms with Crippen molar-refractivity contribution in [2.24, 2.45) is 10.8 Å². The van der Waals surface area contributed by atoms with Gasteiger partial charge in [0.2, 0.25) is 0 Å². The van der Waals surface area contributed by atoms with Gasteiger partial charge in [0.25, 0.3) is 0 Å². The fourth-order valence-corrected chi connectivity index (χ4v) is 2.90. The molecule has 0 aliphatic heterocycles. The largest absolute Gasteiger partial charge is 0.299 e. The van der Waals surface area contributed by atoms with E-state index in [2.05, 4.69) is 20.4 Å². The van der Waals surface area contributed by atoms with Gasteiger partial charge in [-0.1, -0.05) is 19.1 Å². The Morgan fingerprint density at radius 3 is 2.42 bits per heavy atom. The van der Waals surface area contributed by atoms with E-state index in [0.717, 1.165) is 25.7 Å². The average molecular weight is 164 g/mol. The van der Waals surface area contributed by atoms with Crippen LogP contribution in [-0.4, -0.2) is 5.78 Å². The van der Waals surface area contributed by atoms with Gasteiger partial charge in [-0.15, -0.1) is 0 Å². The van der Waals surface area contributed by atoms with Gasteiger partial charge in [-0.25, -0.2) is 0 Å². The van der Waals surface area contributed by atoms with E-state index in [1.54, 1.807) is 0 Å². The first-order valence-corrected chi connectivity index (χ1v) is 4.72. The molecule has 0 saturated heterocycles. The molecule has 0 amide bonds. The van der Waals surface area contributed by atoms with Gasteiger partial charge in [-0.05, 0) is 31.6 Å². The van der Waals surface area contributed by atoms with Crippen molar-refractivity contribution in [2.75, 3.05) is 0 Å². The normalized spacial score (nSPS) is 46.8. The van der Waals surface area contributed by atoms with Crippen LogP contribution in [0.15, 0.2) is 12.2 Å². The molecule has 2 aliphatic rings. The molecule has 0 heterocycles. The molecule has 12 heavy (non-hydrogen) atoms. The van der Waals surface area contributed by atoms with E-state index in [-0.39, 0.29) is 10.8 Å². The maximum Gasteiger partial charge on any atom is 0.143 e. The zero-order valence-electron chi connectivity index (χ0n) is 7.94. The summed E-state index contributed by atoms with van der Waals surface area (Å²) in [6, 6.07) is 0. The number of allylic oxidation sites excluding steroid dienone is 1. The molecule has 66 valence electrons. The third-order valence-corrected chi connectivity index (χ3v) is 4.35. The Hall–Kier alpha value is -0.590. The molecule has 0 aromatic heterocycles. The second-order valence-corrected chi connectivity index (χ2v) is 4.71. The summed E-state index contributed by atoms with van der Waals surface area (Å²) in [6.07, 6.45) is 4.06. The fraction of sp³-hybridized carbons (Fsp3) is 0.727. The summed E-state index contributed by atoms with van der Waals surface area (Å²) in [7, 11) is 0. The Morgan fingerprint density at radius 2 is 1.83 bits per heavy atom. The van der Waals surface area contributed by atoms with Gasteiger partial charge in [0, 0.05) is 6.42 Å². The van der Waals surface area contributed by atoms with Crippen molar-refractivity contribution in [3.8, 4) is 0 Å². The second kappa shape index (κ2) is 2.01. The number of rotatable bonds is 0. The van der Waals surface area contributed by atoms with E-state index in [1.165, 1.54) is 5.57 Å². The second-order valence-electron chi connectivity index (χ2n) is 4.71. The first kappa shape index (κ1) is 8.03. The molecule has 2 rings (SSSR count). The third kappa shape index (κ3) is 0.634. The van der Waals surface area contributed by atoms with Crippen LogP contribution in [0.3, 0.4) is 0 Å². The maximum absolute atomic E-state index is 11.7. The maximum atomic E-state index is 11.7. The molecule has 0 aromatic rings. The molecule has 2 fully saturated rings. The molecular formula is C11H16O. The van der Waals surface area contributed by atoms with Crippen LogP contribution < -0.4 is 0 Å². The lowest BCUT2D eigenvalue weighted by atomic mass is 9.69. The highest BCUT2D eigenvalue weighted by Gasteiger charge is 2.58. The van der Waals surface area contributed by atoms with Crippen LogP contribution in [0.4, 0.5) is 0 Å². The van der Waals surface area contributed by atoms with Crippen LogP contribution in [0.5, 0.6) is 0 Å². The predicted octanol–water partition coefficient (Wildman–Crippen LogP) is 2.71. The number of carbonyl (C=O) groups excluding carboxylic acids is 1. The lowest BCUT2D eigenvalue weighted by Gasteiger charge is -2.33. The van der Waals surface area contributed by atoms with E-state index in [4.69, 9.17) is 0 Å². The van der Waals surface area contributed by atoms with E-state index in [9.17, 15) is 4.79 Å². The van der Waals surface area contributed by atoms with E-state index in [1.807, 2.05) is 0 Å². The highest BCUT2D eigenvalue weighted by molar-refractivity contribution is 5.91. The van der Waals surface area contributed by atoms with Crippen LogP contribution in [0.2, 0.25) is 0 Å². The quantitative estimate of drug-likeness (QED) is 0.503. The monoisotopic (exact) mass is 164 g/mol. The van der Waals surface area contributed by atoms with E-state index >= 15 is 0 Å². The van der Waals surface area contributed by atoms with Crippen LogP contribution in [-0.2, 0) is 4.79 Å². The van der Waals surface area contributed by atoms with Crippen molar-refractivity contribution in [1.29, 1.82) is 0 Å². The minimum Gasteiger partial charge on any atom is -0.299 e. The van der Waals surface area contributed by atoms with Gasteiger partial charge in [0.1, 0.15) is 5.78 Å². The van der Waals surface area contributed by atoms with Crippen molar-refractivity contribution in [3.63, 3.8) is 0 Å². The number of carbonyl (C=O) groups is 1. The minimum atomic E-state index is -0.174. The number of hydrogen-bond acceptors (Lipinski definition) is 1. The first-order chi connectivity index (χ1) is 5.51. The molecular weight excluding hydrogens is 148 g/mol. The molecule has 2 atom stereocenters. The highest BCUT2D eigenvalue weighted by Crippen LogP contribution is 2.62. The van der Waals surface area contributed by atoms with Gasteiger partial charge in [0.15, 0.2) is 0 Å². The number of ketones is 1. The smallest absolute Gasteiger partial charge is 0.143 e. The van der Waals surface area contributed by atoms with Crippen LogP contribution in [0.1, 0.15) is 39.5 Å². The number of hydrogen-bond donors (Lipinski definition) is 0. The molecule has 2 saturated carbocycles. The summed E-state index contributed by atoms with van der Waals surface area (Å²) in [5.74, 6) is 0.424. The van der Waals surface area contributed by atoms with Crippen LogP contribution in [0, 0.1) is 10.8 Å². The van der Waals surface area contributed by atoms with Gasteiger partial charge in [0.05, 0.1) is 5.41 Å². The fourth-order valence-electron chi connectivity index (χ4n) is 2.90. The highest BCUT2D eigenvalue weighted by atomic mass is 16.1. The van der Waals surface area contributed by atoms with Gasteiger partial charge < -0.3 is 0 Å². The number of fused-ring (bicyclic) bond motifs is 1. The molecule has 0 radical (unpaired) electrons. The molecule has 1 heteroatoms. The molecule has 0 unspecified atom stereocenters. The summed E-state index contributed by atoms with van der Waals surface area (Å²) >= 11 is 0. The van der Waals surface area contributed by atoms with Gasteiger partial charge in [-0.3, -0.25) is 4.79 Å². The molecule has 0 N–H and O–H groups in total. The third-order valence-electron chi connectivity index (χ3n) is 4.35. The standard InChI is InChI=1S/C11H16O/c1-8-4-6-10(2)7-5-9(12)11(8,10)3/h1,4-7H2,2-3H3/t10-,11+/m1/s1. The molecule has 0 spiro atoms. The summed E-state index contributed by atoms with van der Waals surface area (Å²) in [5, 5.41) is 0. The van der Waals surface area contributed by atoms with Crippen LogP contribution >= 0.6 is 0 Å². The molecule has 1 nitrogen and oxygen atoms in total. The Morgan fingerprint density at radius 1 is 1.25 bits per heavy atom. The van der Waals surface area contributed by atoms with Crippen molar-refractivity contribution in [2.45, 2.75) is 39.5 Å². The van der Waals surface area contributed by atoms with Gasteiger partial charge >= 0.3 is 0 Å². The molecule has 0 bridgehead atoms. The summed E-state index contributed by atoms with van der Waals surface area (Å²) in [4.78, 5) is 11.7. The minimum absolute atomic E-state index is 0.174. The Kier molecular flexibility index (Phi) is 1.35. The Balaban J connectivity index is 2.52. The zero-order valence-corrected chi connectivity index (χ0v) is 7.94.